The molecule has 1 aliphatic heterocycles. The number of carboxylic acids is 1. The molecule has 0 saturated carbocycles. The molecule has 5 nitrogen and oxygen atoms in total. The Balaban J connectivity index is 2.15. The van der Waals surface area contributed by atoms with Crippen molar-refractivity contribution in [3.05, 3.63) is 35.9 Å². The molecule has 0 aromatic heterocycles. The van der Waals surface area contributed by atoms with E-state index in [9.17, 15) is 9.59 Å². The van der Waals surface area contributed by atoms with Crippen LogP contribution in [0.1, 0.15) is 24.5 Å². The molecule has 1 aliphatic rings. The molecule has 1 saturated heterocycles. The van der Waals surface area contributed by atoms with Crippen molar-refractivity contribution in [2.45, 2.75) is 18.9 Å². The summed E-state index contributed by atoms with van der Waals surface area (Å²) < 4.78 is 5.76. The van der Waals surface area contributed by atoms with Crippen LogP contribution >= 0.6 is 0 Å². The zero-order chi connectivity index (χ0) is 14.5. The highest BCUT2D eigenvalue weighted by Gasteiger charge is 2.35. The Morgan fingerprint density at radius 2 is 2.05 bits per heavy atom. The van der Waals surface area contributed by atoms with Crippen molar-refractivity contribution in [1.29, 1.82) is 0 Å². The first-order valence-corrected chi connectivity index (χ1v) is 6.73. The van der Waals surface area contributed by atoms with Gasteiger partial charge in [-0.3, -0.25) is 9.59 Å². The highest BCUT2D eigenvalue weighted by molar-refractivity contribution is 5.83. The van der Waals surface area contributed by atoms with E-state index in [4.69, 9.17) is 9.84 Å². The van der Waals surface area contributed by atoms with E-state index in [2.05, 4.69) is 0 Å². The van der Waals surface area contributed by atoms with Crippen LogP contribution in [0.3, 0.4) is 0 Å². The van der Waals surface area contributed by atoms with Crippen molar-refractivity contribution in [1.82, 2.24) is 4.90 Å². The van der Waals surface area contributed by atoms with Crippen LogP contribution in [0.5, 0.6) is 0 Å². The minimum absolute atomic E-state index is 0.166. The number of likely N-dealkylation sites (N-methyl/N-ethyl adjacent to an activating group) is 1. The van der Waals surface area contributed by atoms with Crippen LogP contribution in [0.25, 0.3) is 0 Å². The summed E-state index contributed by atoms with van der Waals surface area (Å²) in [6.45, 7) is 0.350. The summed E-state index contributed by atoms with van der Waals surface area (Å²) in [4.78, 5) is 24.4. The van der Waals surface area contributed by atoms with Crippen LogP contribution in [-0.2, 0) is 14.3 Å². The van der Waals surface area contributed by atoms with Crippen molar-refractivity contribution >= 4 is 11.9 Å². The zero-order valence-corrected chi connectivity index (χ0v) is 11.5. The van der Waals surface area contributed by atoms with Gasteiger partial charge >= 0.3 is 5.97 Å². The monoisotopic (exact) mass is 277 g/mol. The summed E-state index contributed by atoms with van der Waals surface area (Å²) >= 11 is 0. The Hall–Kier alpha value is -1.88. The van der Waals surface area contributed by atoms with Gasteiger partial charge in [0.2, 0.25) is 5.91 Å². The number of amides is 1. The maximum absolute atomic E-state index is 12.4. The highest BCUT2D eigenvalue weighted by Crippen LogP contribution is 2.34. The predicted octanol–water partition coefficient (Wildman–Crippen LogP) is 1.70. The predicted molar refractivity (Wildman–Crippen MR) is 73.1 cm³/mol. The van der Waals surface area contributed by atoms with Crippen LogP contribution in [0.4, 0.5) is 0 Å². The molecule has 2 atom stereocenters. The fraction of sp³-hybridized carbons (Fsp3) is 0.467. The maximum atomic E-state index is 12.4. The van der Waals surface area contributed by atoms with Gasteiger partial charge in [-0.25, -0.2) is 0 Å². The van der Waals surface area contributed by atoms with Gasteiger partial charge in [0.05, 0.1) is 12.0 Å². The van der Waals surface area contributed by atoms with E-state index in [0.29, 0.717) is 6.61 Å². The second-order valence-electron chi connectivity index (χ2n) is 5.04. The Morgan fingerprint density at radius 3 is 2.70 bits per heavy atom. The SMILES string of the molecule is CN(CC(=O)O)C(=O)[C@H]1CCCO[C@@H]1c1ccccc1. The Bertz CT molecular complexity index is 474. The number of nitrogens with zero attached hydrogens (tertiary/aromatic N) is 1. The lowest BCUT2D eigenvalue weighted by atomic mass is 9.88. The van der Waals surface area contributed by atoms with Crippen LogP contribution in [0.2, 0.25) is 0 Å². The van der Waals surface area contributed by atoms with E-state index in [1.54, 1.807) is 0 Å². The van der Waals surface area contributed by atoms with E-state index in [-0.39, 0.29) is 24.5 Å². The summed E-state index contributed by atoms with van der Waals surface area (Å²) in [6, 6.07) is 9.62. The summed E-state index contributed by atoms with van der Waals surface area (Å²) in [5.41, 5.74) is 0.967. The molecule has 0 spiro atoms. The van der Waals surface area contributed by atoms with Gasteiger partial charge in [0.15, 0.2) is 0 Å². The molecule has 0 bridgehead atoms. The van der Waals surface area contributed by atoms with Crippen LogP contribution in [-0.4, -0.2) is 42.1 Å². The van der Waals surface area contributed by atoms with E-state index >= 15 is 0 Å². The Labute approximate surface area is 118 Å². The molecule has 1 N–H and O–H groups in total. The molecule has 108 valence electrons. The summed E-state index contributed by atoms with van der Waals surface area (Å²) in [7, 11) is 1.52. The van der Waals surface area contributed by atoms with Crippen molar-refractivity contribution in [3.63, 3.8) is 0 Å². The molecule has 5 heteroatoms. The molecular weight excluding hydrogens is 258 g/mol. The smallest absolute Gasteiger partial charge is 0.323 e. The highest BCUT2D eigenvalue weighted by atomic mass is 16.5. The first kappa shape index (κ1) is 14.5. The number of rotatable bonds is 4. The topological polar surface area (TPSA) is 66.8 Å². The third kappa shape index (κ3) is 3.36. The standard InChI is InChI=1S/C15H19NO4/c1-16(10-13(17)18)15(19)12-8-5-9-20-14(12)11-6-3-2-4-7-11/h2-4,6-7,12,14H,5,8-10H2,1H3,(H,17,18)/t12-,14+/m0/s1. The number of hydrogen-bond donors (Lipinski definition) is 1. The quantitative estimate of drug-likeness (QED) is 0.909. The van der Waals surface area contributed by atoms with Gasteiger partial charge in [0.25, 0.3) is 0 Å². The lowest BCUT2D eigenvalue weighted by Crippen LogP contribution is -2.41. The number of benzene rings is 1. The number of carbonyl (C=O) groups is 2. The van der Waals surface area contributed by atoms with Crippen molar-refractivity contribution in [3.8, 4) is 0 Å². The van der Waals surface area contributed by atoms with Crippen LogP contribution < -0.4 is 0 Å². The molecule has 20 heavy (non-hydrogen) atoms. The fourth-order valence-electron chi connectivity index (χ4n) is 2.57. The number of aliphatic carboxylic acids is 1. The van der Waals surface area contributed by atoms with Gasteiger partial charge < -0.3 is 14.7 Å². The van der Waals surface area contributed by atoms with E-state index in [0.717, 1.165) is 18.4 Å². The summed E-state index contributed by atoms with van der Waals surface area (Å²) in [5, 5.41) is 8.79. The third-order valence-electron chi connectivity index (χ3n) is 3.52. The molecule has 1 fully saturated rings. The van der Waals surface area contributed by atoms with E-state index in [1.165, 1.54) is 11.9 Å². The number of carboxylic acid groups (broad SMARTS) is 1. The van der Waals surface area contributed by atoms with E-state index < -0.39 is 5.97 Å². The maximum Gasteiger partial charge on any atom is 0.323 e. The minimum Gasteiger partial charge on any atom is -0.480 e. The number of hydrogen-bond acceptors (Lipinski definition) is 3. The molecule has 0 aliphatic carbocycles. The van der Waals surface area contributed by atoms with Gasteiger partial charge in [-0.1, -0.05) is 30.3 Å². The van der Waals surface area contributed by atoms with Gasteiger partial charge in [0.1, 0.15) is 6.54 Å². The second kappa shape index (κ2) is 6.52. The van der Waals surface area contributed by atoms with Gasteiger partial charge in [0, 0.05) is 13.7 Å². The lowest BCUT2D eigenvalue weighted by molar-refractivity contribution is -0.150. The normalized spacial score (nSPS) is 22.2. The molecule has 0 radical (unpaired) electrons. The molecule has 1 amide bonds. The molecule has 1 heterocycles. The van der Waals surface area contributed by atoms with Crippen LogP contribution in [0, 0.1) is 5.92 Å². The van der Waals surface area contributed by atoms with Gasteiger partial charge in [-0.05, 0) is 18.4 Å². The number of carbonyl (C=O) groups excluding carboxylic acids is 1. The number of ether oxygens (including phenoxy) is 1. The largest absolute Gasteiger partial charge is 0.480 e. The first-order chi connectivity index (χ1) is 9.59. The Kier molecular flexibility index (Phi) is 4.74. The third-order valence-corrected chi connectivity index (χ3v) is 3.52. The first-order valence-electron chi connectivity index (χ1n) is 6.73. The van der Waals surface area contributed by atoms with E-state index in [1.807, 2.05) is 30.3 Å². The van der Waals surface area contributed by atoms with Gasteiger partial charge in [-0.2, -0.15) is 0 Å². The summed E-state index contributed by atoms with van der Waals surface area (Å²) in [5.74, 6) is -1.48. The van der Waals surface area contributed by atoms with Crippen molar-refractivity contribution in [2.75, 3.05) is 20.2 Å². The fourth-order valence-corrected chi connectivity index (χ4v) is 2.57. The average molecular weight is 277 g/mol. The molecular formula is C15H19NO4. The van der Waals surface area contributed by atoms with Gasteiger partial charge in [-0.15, -0.1) is 0 Å². The Morgan fingerprint density at radius 1 is 1.35 bits per heavy atom. The molecule has 2 rings (SSSR count). The zero-order valence-electron chi connectivity index (χ0n) is 11.5. The summed E-state index contributed by atoms with van der Waals surface area (Å²) in [6.07, 6.45) is 1.26. The molecule has 1 aromatic rings. The van der Waals surface area contributed by atoms with Crippen molar-refractivity contribution in [2.24, 2.45) is 5.92 Å². The molecule has 0 unspecified atom stereocenters. The average Bonchev–Trinajstić information content (AvgIpc) is 2.46. The minimum atomic E-state index is -1.01. The van der Waals surface area contributed by atoms with Crippen molar-refractivity contribution < 1.29 is 19.4 Å². The molecule has 1 aromatic carbocycles. The second-order valence-corrected chi connectivity index (χ2v) is 5.04. The lowest BCUT2D eigenvalue weighted by Gasteiger charge is -2.33. The van der Waals surface area contributed by atoms with Crippen LogP contribution in [0.15, 0.2) is 30.3 Å².